The highest BCUT2D eigenvalue weighted by Crippen LogP contribution is 2.30. The molecule has 0 atom stereocenters. The van der Waals surface area contributed by atoms with Crippen molar-refractivity contribution in [3.8, 4) is 5.75 Å². The summed E-state index contributed by atoms with van der Waals surface area (Å²) >= 11 is 0. The number of rotatable bonds is 4. The first-order chi connectivity index (χ1) is 10.4. The number of hydrogen-bond donors (Lipinski definition) is 0. The number of esters is 1. The highest BCUT2D eigenvalue weighted by atomic mass is 19.2. The number of ether oxygens (including phenoxy) is 1. The van der Waals surface area contributed by atoms with E-state index in [1.807, 2.05) is 0 Å². The predicted molar refractivity (Wildman–Crippen MR) is 67.7 cm³/mol. The van der Waals surface area contributed by atoms with Crippen LogP contribution in [0.5, 0.6) is 5.75 Å². The van der Waals surface area contributed by atoms with Gasteiger partial charge < -0.3 is 4.74 Å². The Hall–Kier alpha value is -1.66. The Bertz CT molecular complexity index is 539. The number of benzene rings is 1. The number of carbonyl (C=O) groups excluding carboxylic acids is 1. The molecule has 1 aliphatic rings. The summed E-state index contributed by atoms with van der Waals surface area (Å²) in [4.78, 5) is 11.6. The quantitative estimate of drug-likeness (QED) is 0.265. The molecule has 1 aromatic rings. The molecule has 22 heavy (non-hydrogen) atoms. The smallest absolute Gasteiger partial charge is 0.311 e. The molecule has 0 amide bonds. The molecule has 0 saturated heterocycles. The third-order valence-corrected chi connectivity index (χ3v) is 3.87. The Morgan fingerprint density at radius 2 is 1.36 bits per heavy atom. The Morgan fingerprint density at radius 1 is 0.864 bits per heavy atom. The second-order valence-corrected chi connectivity index (χ2v) is 5.42. The number of halogens is 5. The molecule has 1 aromatic carbocycles. The standard InChI is InChI=1S/C15H15F5O2/c16-10-11(17)13(19)15(14(20)12(10)18)22-9(21)7-6-8-4-2-1-3-5-8/h8H,1-7H2. The van der Waals surface area contributed by atoms with E-state index in [1.165, 1.54) is 0 Å². The van der Waals surface area contributed by atoms with Gasteiger partial charge in [-0.2, -0.15) is 8.78 Å². The van der Waals surface area contributed by atoms with Crippen LogP contribution in [0.2, 0.25) is 0 Å². The fourth-order valence-corrected chi connectivity index (χ4v) is 2.64. The predicted octanol–water partition coefficient (Wildman–Crippen LogP) is 4.65. The minimum absolute atomic E-state index is 0.121. The van der Waals surface area contributed by atoms with Crippen molar-refractivity contribution in [1.82, 2.24) is 0 Å². The molecule has 2 nitrogen and oxygen atoms in total. The molecule has 1 saturated carbocycles. The van der Waals surface area contributed by atoms with E-state index in [2.05, 4.69) is 4.74 Å². The van der Waals surface area contributed by atoms with Crippen LogP contribution in [0.25, 0.3) is 0 Å². The van der Waals surface area contributed by atoms with Gasteiger partial charge >= 0.3 is 5.97 Å². The minimum atomic E-state index is -2.28. The summed E-state index contributed by atoms with van der Waals surface area (Å²) < 4.78 is 69.9. The monoisotopic (exact) mass is 322 g/mol. The average Bonchev–Trinajstić information content (AvgIpc) is 2.54. The Labute approximate surface area is 124 Å². The molecule has 1 aliphatic carbocycles. The van der Waals surface area contributed by atoms with Crippen LogP contribution in [-0.2, 0) is 4.79 Å². The normalized spacial score (nSPS) is 15.9. The van der Waals surface area contributed by atoms with E-state index < -0.39 is 40.8 Å². The van der Waals surface area contributed by atoms with Crippen molar-refractivity contribution >= 4 is 5.97 Å². The fourth-order valence-electron chi connectivity index (χ4n) is 2.64. The van der Waals surface area contributed by atoms with Crippen molar-refractivity contribution in [2.24, 2.45) is 5.92 Å². The molecule has 122 valence electrons. The molecule has 0 spiro atoms. The molecular weight excluding hydrogens is 307 g/mol. The van der Waals surface area contributed by atoms with E-state index >= 15 is 0 Å². The number of hydrogen-bond acceptors (Lipinski definition) is 2. The summed E-state index contributed by atoms with van der Waals surface area (Å²) in [5, 5.41) is 0. The van der Waals surface area contributed by atoms with Gasteiger partial charge in [-0.25, -0.2) is 13.2 Å². The first-order valence-electron chi connectivity index (χ1n) is 7.14. The Kier molecular flexibility index (Phi) is 5.37. The highest BCUT2D eigenvalue weighted by molar-refractivity contribution is 5.72. The van der Waals surface area contributed by atoms with Crippen molar-refractivity contribution in [2.45, 2.75) is 44.9 Å². The van der Waals surface area contributed by atoms with Gasteiger partial charge in [0.25, 0.3) is 0 Å². The van der Waals surface area contributed by atoms with Gasteiger partial charge in [-0.05, 0) is 12.3 Å². The van der Waals surface area contributed by atoms with Gasteiger partial charge in [0.15, 0.2) is 0 Å². The molecule has 0 aliphatic heterocycles. The molecule has 2 rings (SSSR count). The van der Waals surface area contributed by atoms with E-state index in [4.69, 9.17) is 0 Å². The lowest BCUT2D eigenvalue weighted by Gasteiger charge is -2.20. The molecule has 0 N–H and O–H groups in total. The molecule has 0 bridgehead atoms. The first kappa shape index (κ1) is 16.7. The zero-order valence-electron chi connectivity index (χ0n) is 11.7. The first-order valence-corrected chi connectivity index (χ1v) is 7.14. The lowest BCUT2D eigenvalue weighted by Crippen LogP contribution is -2.15. The summed E-state index contributed by atoms with van der Waals surface area (Å²) in [5.41, 5.74) is 0. The highest BCUT2D eigenvalue weighted by Gasteiger charge is 2.28. The van der Waals surface area contributed by atoms with Crippen LogP contribution < -0.4 is 4.74 Å². The maximum Gasteiger partial charge on any atom is 0.311 e. The molecule has 0 unspecified atom stereocenters. The van der Waals surface area contributed by atoms with Crippen LogP contribution in [0.3, 0.4) is 0 Å². The largest absolute Gasteiger partial charge is 0.420 e. The van der Waals surface area contributed by atoms with E-state index in [0.717, 1.165) is 32.1 Å². The van der Waals surface area contributed by atoms with Crippen molar-refractivity contribution in [1.29, 1.82) is 0 Å². The topological polar surface area (TPSA) is 26.3 Å². The fraction of sp³-hybridized carbons (Fsp3) is 0.533. The van der Waals surface area contributed by atoms with Crippen LogP contribution in [-0.4, -0.2) is 5.97 Å². The van der Waals surface area contributed by atoms with Crippen LogP contribution in [0.15, 0.2) is 0 Å². The van der Waals surface area contributed by atoms with E-state index in [0.29, 0.717) is 12.3 Å². The van der Waals surface area contributed by atoms with Crippen molar-refractivity contribution in [3.63, 3.8) is 0 Å². The summed E-state index contributed by atoms with van der Waals surface area (Å²) in [5.74, 6) is -13.0. The second kappa shape index (κ2) is 7.07. The molecule has 0 radical (unpaired) electrons. The van der Waals surface area contributed by atoms with Gasteiger partial charge in [0.1, 0.15) is 0 Å². The van der Waals surface area contributed by atoms with E-state index in [1.54, 1.807) is 0 Å². The maximum absolute atomic E-state index is 13.4. The van der Waals surface area contributed by atoms with Crippen molar-refractivity contribution < 1.29 is 31.5 Å². The lowest BCUT2D eigenvalue weighted by molar-refractivity contribution is -0.135. The van der Waals surface area contributed by atoms with Crippen LogP contribution in [0.1, 0.15) is 44.9 Å². The summed E-state index contributed by atoms with van der Waals surface area (Å²) in [6.45, 7) is 0. The number of carbonyl (C=O) groups is 1. The lowest BCUT2D eigenvalue weighted by atomic mass is 9.86. The molecular formula is C15H15F5O2. The zero-order chi connectivity index (χ0) is 16.3. The second-order valence-electron chi connectivity index (χ2n) is 5.42. The van der Waals surface area contributed by atoms with Crippen LogP contribution in [0.4, 0.5) is 22.0 Å². The van der Waals surface area contributed by atoms with Crippen molar-refractivity contribution in [3.05, 3.63) is 29.1 Å². The summed E-state index contributed by atoms with van der Waals surface area (Å²) in [6, 6.07) is 0. The van der Waals surface area contributed by atoms with Crippen molar-refractivity contribution in [2.75, 3.05) is 0 Å². The van der Waals surface area contributed by atoms with E-state index in [9.17, 15) is 26.7 Å². The summed E-state index contributed by atoms with van der Waals surface area (Å²) in [6.07, 6.45) is 5.57. The molecule has 0 heterocycles. The van der Waals surface area contributed by atoms with Gasteiger partial charge in [0.05, 0.1) is 0 Å². The third-order valence-electron chi connectivity index (χ3n) is 3.87. The van der Waals surface area contributed by atoms with Crippen LogP contribution >= 0.6 is 0 Å². The maximum atomic E-state index is 13.4. The Balaban J connectivity index is 2.02. The SMILES string of the molecule is O=C(CCC1CCCCC1)Oc1c(F)c(F)c(F)c(F)c1F. The van der Waals surface area contributed by atoms with E-state index in [-0.39, 0.29) is 6.42 Å². The van der Waals surface area contributed by atoms with Crippen LogP contribution in [0, 0.1) is 35.0 Å². The summed E-state index contributed by atoms with van der Waals surface area (Å²) in [7, 11) is 0. The Morgan fingerprint density at radius 3 is 1.91 bits per heavy atom. The van der Waals surface area contributed by atoms with Gasteiger partial charge in [0.2, 0.25) is 34.8 Å². The zero-order valence-corrected chi connectivity index (χ0v) is 11.7. The van der Waals surface area contributed by atoms with Gasteiger partial charge in [0, 0.05) is 6.42 Å². The van der Waals surface area contributed by atoms with Gasteiger partial charge in [-0.3, -0.25) is 4.79 Å². The minimum Gasteiger partial charge on any atom is -0.420 e. The molecule has 0 aromatic heterocycles. The average molecular weight is 322 g/mol. The third kappa shape index (κ3) is 3.56. The molecule has 7 heteroatoms. The molecule has 1 fully saturated rings. The van der Waals surface area contributed by atoms with Gasteiger partial charge in [-0.1, -0.05) is 32.1 Å². The van der Waals surface area contributed by atoms with Gasteiger partial charge in [-0.15, -0.1) is 0 Å².